The van der Waals surface area contributed by atoms with E-state index in [1.54, 1.807) is 6.07 Å². The Kier molecular flexibility index (Phi) is 6.86. The Morgan fingerprint density at radius 2 is 1.96 bits per heavy atom. The zero-order valence-corrected chi connectivity index (χ0v) is 15.8. The number of sulfone groups is 1. The maximum absolute atomic E-state index is 12.5. The molecule has 0 saturated carbocycles. The van der Waals surface area contributed by atoms with Crippen molar-refractivity contribution in [3.8, 4) is 17.6 Å². The minimum Gasteiger partial charge on any atom is -0.490 e. The SMILES string of the molecule is CC(C)C(CC#N)OC(=O)CCS(=O)(=O)c1ccc2c(c1)OCCCO2. The molecule has 0 bridgehead atoms. The van der Waals surface area contributed by atoms with Gasteiger partial charge in [-0.15, -0.1) is 0 Å². The maximum Gasteiger partial charge on any atom is 0.307 e. The molecule has 26 heavy (non-hydrogen) atoms. The number of fused-ring (bicyclic) bond motifs is 1. The van der Waals surface area contributed by atoms with Gasteiger partial charge in [-0.1, -0.05) is 13.8 Å². The largest absolute Gasteiger partial charge is 0.490 e. The summed E-state index contributed by atoms with van der Waals surface area (Å²) in [6, 6.07) is 6.40. The van der Waals surface area contributed by atoms with Crippen LogP contribution in [0.25, 0.3) is 0 Å². The fourth-order valence-electron chi connectivity index (χ4n) is 2.40. The number of rotatable bonds is 7. The fraction of sp³-hybridized carbons (Fsp3) is 0.556. The summed E-state index contributed by atoms with van der Waals surface area (Å²) in [6.45, 7) is 4.65. The minimum atomic E-state index is -3.67. The van der Waals surface area contributed by atoms with E-state index in [1.165, 1.54) is 12.1 Å². The van der Waals surface area contributed by atoms with E-state index in [2.05, 4.69) is 0 Å². The van der Waals surface area contributed by atoms with Gasteiger partial charge in [0.2, 0.25) is 0 Å². The third kappa shape index (κ3) is 5.36. The zero-order chi connectivity index (χ0) is 19.2. The van der Waals surface area contributed by atoms with Crippen LogP contribution in [0, 0.1) is 17.2 Å². The van der Waals surface area contributed by atoms with Gasteiger partial charge in [-0.05, 0) is 18.1 Å². The molecule has 1 unspecified atom stereocenters. The molecule has 1 atom stereocenters. The van der Waals surface area contributed by atoms with Crippen molar-refractivity contribution in [2.24, 2.45) is 5.92 Å². The highest BCUT2D eigenvalue weighted by atomic mass is 32.2. The van der Waals surface area contributed by atoms with E-state index in [0.29, 0.717) is 24.7 Å². The van der Waals surface area contributed by atoms with E-state index in [9.17, 15) is 13.2 Å². The lowest BCUT2D eigenvalue weighted by atomic mass is 10.1. The molecular formula is C18H23NO6S. The lowest BCUT2D eigenvalue weighted by molar-refractivity contribution is -0.150. The highest BCUT2D eigenvalue weighted by molar-refractivity contribution is 7.91. The smallest absolute Gasteiger partial charge is 0.307 e. The third-order valence-electron chi connectivity index (χ3n) is 3.97. The molecule has 1 aliphatic heterocycles. The number of carbonyl (C=O) groups excluding carboxylic acids is 1. The Labute approximate surface area is 153 Å². The Morgan fingerprint density at radius 3 is 2.62 bits per heavy atom. The first-order valence-electron chi connectivity index (χ1n) is 8.52. The summed E-state index contributed by atoms with van der Waals surface area (Å²) >= 11 is 0. The quantitative estimate of drug-likeness (QED) is 0.669. The van der Waals surface area contributed by atoms with E-state index in [1.807, 2.05) is 19.9 Å². The third-order valence-corrected chi connectivity index (χ3v) is 5.69. The molecule has 0 amide bonds. The van der Waals surface area contributed by atoms with Crippen molar-refractivity contribution in [3.63, 3.8) is 0 Å². The molecule has 1 aromatic carbocycles. The van der Waals surface area contributed by atoms with Crippen LogP contribution in [-0.4, -0.2) is 39.5 Å². The average Bonchev–Trinajstić information content (AvgIpc) is 2.84. The summed E-state index contributed by atoms with van der Waals surface area (Å²) in [5, 5.41) is 8.76. The number of benzene rings is 1. The molecule has 0 radical (unpaired) electrons. The van der Waals surface area contributed by atoms with Crippen molar-refractivity contribution in [2.45, 2.75) is 44.1 Å². The Hall–Kier alpha value is -2.27. The first kappa shape index (κ1) is 20.0. The molecule has 0 N–H and O–H groups in total. The number of hydrogen-bond acceptors (Lipinski definition) is 7. The van der Waals surface area contributed by atoms with Crippen LogP contribution in [-0.2, 0) is 19.4 Å². The highest BCUT2D eigenvalue weighted by Crippen LogP contribution is 2.32. The molecule has 1 aromatic rings. The number of carbonyl (C=O) groups is 1. The Bertz CT molecular complexity index is 781. The van der Waals surface area contributed by atoms with Gasteiger partial charge in [0.15, 0.2) is 21.3 Å². The van der Waals surface area contributed by atoms with Gasteiger partial charge in [0.05, 0.1) is 42.8 Å². The second-order valence-electron chi connectivity index (χ2n) is 6.36. The van der Waals surface area contributed by atoms with Crippen molar-refractivity contribution in [2.75, 3.05) is 19.0 Å². The van der Waals surface area contributed by atoms with E-state index < -0.39 is 21.9 Å². The number of esters is 1. The van der Waals surface area contributed by atoms with Crippen LogP contribution in [0.15, 0.2) is 23.1 Å². The van der Waals surface area contributed by atoms with Gasteiger partial charge in [0, 0.05) is 12.5 Å². The molecule has 0 fully saturated rings. The van der Waals surface area contributed by atoms with Crippen molar-refractivity contribution in [1.29, 1.82) is 5.26 Å². The van der Waals surface area contributed by atoms with E-state index in [0.717, 1.165) is 6.42 Å². The summed E-state index contributed by atoms with van der Waals surface area (Å²) in [6.07, 6.45) is -0.000240. The number of nitriles is 1. The van der Waals surface area contributed by atoms with Crippen molar-refractivity contribution < 1.29 is 27.4 Å². The summed E-state index contributed by atoms with van der Waals surface area (Å²) in [5.74, 6) is -0.117. The fourth-order valence-corrected chi connectivity index (χ4v) is 3.64. The van der Waals surface area contributed by atoms with Gasteiger partial charge in [-0.25, -0.2) is 8.42 Å². The molecule has 7 nitrogen and oxygen atoms in total. The van der Waals surface area contributed by atoms with Gasteiger partial charge in [0.1, 0.15) is 6.10 Å². The first-order valence-corrected chi connectivity index (χ1v) is 10.2. The summed E-state index contributed by atoms with van der Waals surface area (Å²) in [7, 11) is -3.67. The zero-order valence-electron chi connectivity index (χ0n) is 14.9. The lowest BCUT2D eigenvalue weighted by Crippen LogP contribution is -2.24. The van der Waals surface area contributed by atoms with E-state index >= 15 is 0 Å². The predicted octanol–water partition coefficient (Wildman–Crippen LogP) is 2.49. The topological polar surface area (TPSA) is 103 Å². The van der Waals surface area contributed by atoms with Crippen molar-refractivity contribution >= 4 is 15.8 Å². The molecule has 0 aromatic heterocycles. The number of hydrogen-bond donors (Lipinski definition) is 0. The summed E-state index contributed by atoms with van der Waals surface area (Å²) < 4.78 is 41.2. The molecule has 142 valence electrons. The monoisotopic (exact) mass is 381 g/mol. The molecule has 0 aliphatic carbocycles. The normalized spacial score (nSPS) is 15.0. The van der Waals surface area contributed by atoms with Crippen LogP contribution in [0.1, 0.15) is 33.1 Å². The number of ether oxygens (including phenoxy) is 3. The van der Waals surface area contributed by atoms with E-state index in [4.69, 9.17) is 19.5 Å². The first-order chi connectivity index (χ1) is 12.3. The molecule has 8 heteroatoms. The van der Waals surface area contributed by atoms with E-state index in [-0.39, 0.29) is 29.4 Å². The van der Waals surface area contributed by atoms with Gasteiger partial charge in [-0.3, -0.25) is 4.79 Å². The molecule has 1 heterocycles. The molecule has 0 spiro atoms. The van der Waals surface area contributed by atoms with Crippen LogP contribution in [0.5, 0.6) is 11.5 Å². The van der Waals surface area contributed by atoms with Crippen LogP contribution >= 0.6 is 0 Å². The molecule has 1 aliphatic rings. The van der Waals surface area contributed by atoms with Gasteiger partial charge < -0.3 is 14.2 Å². The molecule has 2 rings (SSSR count). The summed E-state index contributed by atoms with van der Waals surface area (Å²) in [4.78, 5) is 12.0. The summed E-state index contributed by atoms with van der Waals surface area (Å²) in [5.41, 5.74) is 0. The van der Waals surface area contributed by atoms with Crippen LogP contribution < -0.4 is 9.47 Å². The molecule has 0 saturated heterocycles. The highest BCUT2D eigenvalue weighted by Gasteiger charge is 2.23. The van der Waals surface area contributed by atoms with Crippen molar-refractivity contribution in [1.82, 2.24) is 0 Å². The Morgan fingerprint density at radius 1 is 1.27 bits per heavy atom. The predicted molar refractivity (Wildman–Crippen MR) is 93.7 cm³/mol. The molecular weight excluding hydrogens is 358 g/mol. The van der Waals surface area contributed by atoms with Gasteiger partial charge in [-0.2, -0.15) is 5.26 Å². The van der Waals surface area contributed by atoms with Gasteiger partial charge >= 0.3 is 5.97 Å². The average molecular weight is 381 g/mol. The Balaban J connectivity index is 2.01. The van der Waals surface area contributed by atoms with Crippen LogP contribution in [0.4, 0.5) is 0 Å². The maximum atomic E-state index is 12.5. The minimum absolute atomic E-state index is 0.0167. The second kappa shape index (κ2) is 8.90. The van der Waals surface area contributed by atoms with Gasteiger partial charge in [0.25, 0.3) is 0 Å². The van der Waals surface area contributed by atoms with Crippen LogP contribution in [0.2, 0.25) is 0 Å². The van der Waals surface area contributed by atoms with Crippen LogP contribution in [0.3, 0.4) is 0 Å². The second-order valence-corrected chi connectivity index (χ2v) is 8.47. The van der Waals surface area contributed by atoms with Crippen molar-refractivity contribution in [3.05, 3.63) is 18.2 Å². The lowest BCUT2D eigenvalue weighted by Gasteiger charge is -2.18. The standard InChI is InChI=1S/C18H23NO6S/c1-13(2)15(6-8-19)25-18(20)7-11-26(21,22)14-4-5-16-17(12-14)24-10-3-9-23-16/h4-5,12-13,15H,3,6-7,9-11H2,1-2H3. The number of nitrogens with zero attached hydrogens (tertiary/aromatic N) is 1.